The van der Waals surface area contributed by atoms with Gasteiger partial charge in [-0.15, -0.1) is 11.3 Å². The summed E-state index contributed by atoms with van der Waals surface area (Å²) >= 11 is 1.63. The fourth-order valence-corrected chi connectivity index (χ4v) is 5.96. The zero-order valence-electron chi connectivity index (χ0n) is 18.9. The molecule has 2 N–H and O–H groups in total. The average Bonchev–Trinajstić information content (AvgIpc) is 3.14. The van der Waals surface area contributed by atoms with Crippen molar-refractivity contribution in [2.45, 2.75) is 44.7 Å². The Balaban J connectivity index is 1.17. The Morgan fingerprint density at radius 2 is 2.03 bits per heavy atom. The standard InChI is InChI=1S/C25H26N6OS/c1-14-12-33-21-20(14)27-13-28-23(21)30-22-17-11-31(25(2,3)18(17)10-26-22)24(32)29-19-9-16(19)15-7-5-4-6-8-15/h4-8,12-13,16,19H,9-11H2,1-3H3,(H,29,32)(H,26,27,28,30)/t16-,19+/m1/s1. The highest BCUT2D eigenvalue weighted by Crippen LogP contribution is 2.42. The van der Waals surface area contributed by atoms with E-state index >= 15 is 0 Å². The summed E-state index contributed by atoms with van der Waals surface area (Å²) in [5.41, 5.74) is 5.32. The number of urea groups is 1. The second-order valence-electron chi connectivity index (χ2n) is 9.52. The molecule has 0 saturated heterocycles. The number of nitrogens with zero attached hydrogens (tertiary/aromatic N) is 4. The molecule has 1 aromatic carbocycles. The van der Waals surface area contributed by atoms with E-state index in [1.807, 2.05) is 11.0 Å². The van der Waals surface area contributed by atoms with Crippen LogP contribution < -0.4 is 10.6 Å². The Bertz CT molecular complexity index is 1330. The van der Waals surface area contributed by atoms with Crippen molar-refractivity contribution in [3.05, 3.63) is 64.3 Å². The van der Waals surface area contributed by atoms with E-state index in [1.54, 1.807) is 17.7 Å². The number of carbonyl (C=O) groups is 1. The molecule has 3 aromatic rings. The largest absolute Gasteiger partial charge is 0.335 e. The van der Waals surface area contributed by atoms with Crippen molar-refractivity contribution in [2.75, 3.05) is 18.4 Å². The highest BCUT2D eigenvalue weighted by molar-refractivity contribution is 7.18. The average molecular weight is 459 g/mol. The molecule has 0 radical (unpaired) electrons. The first-order valence-corrected chi connectivity index (χ1v) is 12.2. The topological polar surface area (TPSA) is 82.5 Å². The minimum Gasteiger partial charge on any atom is -0.335 e. The summed E-state index contributed by atoms with van der Waals surface area (Å²) in [6.07, 6.45) is 2.59. The highest BCUT2D eigenvalue weighted by Gasteiger charge is 2.47. The predicted molar refractivity (Wildman–Crippen MR) is 132 cm³/mol. The van der Waals surface area contributed by atoms with E-state index in [0.717, 1.165) is 39.4 Å². The lowest BCUT2D eigenvalue weighted by molar-refractivity contribution is 0.170. The van der Waals surface area contributed by atoms with Gasteiger partial charge in [0.2, 0.25) is 0 Å². The van der Waals surface area contributed by atoms with Gasteiger partial charge in [-0.05, 0) is 49.3 Å². The number of hydrogen-bond donors (Lipinski definition) is 2. The number of carbonyl (C=O) groups excluding carboxylic acids is 1. The van der Waals surface area contributed by atoms with E-state index < -0.39 is 0 Å². The van der Waals surface area contributed by atoms with E-state index in [0.29, 0.717) is 19.0 Å². The number of nitrogens with one attached hydrogen (secondary N) is 2. The number of thiophene rings is 1. The maximum absolute atomic E-state index is 13.3. The normalized spacial score (nSPS) is 23.0. The van der Waals surface area contributed by atoms with Gasteiger partial charge in [-0.3, -0.25) is 4.99 Å². The second kappa shape index (κ2) is 7.38. The molecule has 4 heterocycles. The lowest BCUT2D eigenvalue weighted by Gasteiger charge is -2.34. The molecular weight excluding hydrogens is 432 g/mol. The van der Waals surface area contributed by atoms with Crippen LogP contribution in [0.5, 0.6) is 0 Å². The van der Waals surface area contributed by atoms with Gasteiger partial charge in [-0.25, -0.2) is 14.8 Å². The van der Waals surface area contributed by atoms with Crippen LogP contribution in [0, 0.1) is 6.92 Å². The van der Waals surface area contributed by atoms with Crippen LogP contribution in [0.3, 0.4) is 0 Å². The number of aryl methyl sites for hydroxylation is 1. The van der Waals surface area contributed by atoms with Crippen LogP contribution in [0.1, 0.15) is 37.3 Å². The summed E-state index contributed by atoms with van der Waals surface area (Å²) in [5.74, 6) is 2.00. The summed E-state index contributed by atoms with van der Waals surface area (Å²) in [5, 5.41) is 8.80. The maximum atomic E-state index is 13.3. The van der Waals surface area contributed by atoms with Gasteiger partial charge < -0.3 is 15.5 Å². The van der Waals surface area contributed by atoms with E-state index in [9.17, 15) is 4.79 Å². The molecule has 7 nitrogen and oxygen atoms in total. The third kappa shape index (κ3) is 3.31. The van der Waals surface area contributed by atoms with Crippen LogP contribution in [0.2, 0.25) is 0 Å². The molecule has 3 aliphatic rings. The third-order valence-corrected chi connectivity index (χ3v) is 8.21. The molecule has 33 heavy (non-hydrogen) atoms. The molecule has 1 fully saturated rings. The fourth-order valence-electron chi connectivity index (χ4n) is 5.01. The summed E-state index contributed by atoms with van der Waals surface area (Å²) in [4.78, 5) is 28.8. The zero-order valence-corrected chi connectivity index (χ0v) is 19.7. The van der Waals surface area contributed by atoms with Crippen LogP contribution >= 0.6 is 11.3 Å². The van der Waals surface area contributed by atoms with E-state index in [-0.39, 0.29) is 17.6 Å². The Hall–Kier alpha value is -3.26. The van der Waals surface area contributed by atoms with Crippen molar-refractivity contribution in [1.29, 1.82) is 0 Å². The molecule has 2 amide bonds. The molecule has 0 spiro atoms. The van der Waals surface area contributed by atoms with E-state index in [2.05, 4.69) is 71.0 Å². The van der Waals surface area contributed by atoms with Gasteiger partial charge in [0, 0.05) is 17.5 Å². The first kappa shape index (κ1) is 20.4. The van der Waals surface area contributed by atoms with Crippen LogP contribution in [-0.4, -0.2) is 51.4 Å². The van der Waals surface area contributed by atoms with Gasteiger partial charge in [-0.2, -0.15) is 0 Å². The number of aromatic nitrogens is 2. The van der Waals surface area contributed by atoms with Gasteiger partial charge in [0.1, 0.15) is 12.2 Å². The number of aliphatic imine (C=N–C) groups is 1. The van der Waals surface area contributed by atoms with Gasteiger partial charge in [0.15, 0.2) is 5.82 Å². The zero-order chi connectivity index (χ0) is 22.7. The number of amides is 2. The SMILES string of the molecule is Cc1csc2c(NC3=NCC4=C3CN(C(=O)N[C@H]3C[C@@H]3c3ccccc3)C4(C)C)ncnc12. The molecule has 168 valence electrons. The fraction of sp³-hybridized carbons (Fsp3) is 0.360. The summed E-state index contributed by atoms with van der Waals surface area (Å²) < 4.78 is 1.03. The molecule has 2 aliphatic heterocycles. The number of rotatable bonds is 3. The number of benzene rings is 1. The minimum absolute atomic E-state index is 0.00418. The minimum atomic E-state index is -0.385. The predicted octanol–water partition coefficient (Wildman–Crippen LogP) is 4.48. The molecule has 0 unspecified atom stereocenters. The van der Waals surface area contributed by atoms with Crippen LogP contribution in [0.4, 0.5) is 10.6 Å². The lowest BCUT2D eigenvalue weighted by atomic mass is 9.94. The van der Waals surface area contributed by atoms with Crippen LogP contribution in [0.25, 0.3) is 10.2 Å². The molecule has 0 bridgehead atoms. The quantitative estimate of drug-likeness (QED) is 0.606. The van der Waals surface area contributed by atoms with Gasteiger partial charge >= 0.3 is 6.03 Å². The highest BCUT2D eigenvalue weighted by atomic mass is 32.1. The summed E-state index contributed by atoms with van der Waals surface area (Å²) in [6, 6.07) is 10.6. The van der Waals surface area contributed by atoms with Gasteiger partial charge in [0.05, 0.1) is 28.8 Å². The van der Waals surface area contributed by atoms with E-state index in [4.69, 9.17) is 4.99 Å². The third-order valence-electron chi connectivity index (χ3n) is 7.11. The van der Waals surface area contributed by atoms with Crippen molar-refractivity contribution in [3.63, 3.8) is 0 Å². The monoisotopic (exact) mass is 458 g/mol. The molecule has 8 heteroatoms. The Morgan fingerprint density at radius 1 is 1.21 bits per heavy atom. The number of hydrogen-bond acceptors (Lipinski definition) is 6. The van der Waals surface area contributed by atoms with Crippen LogP contribution in [-0.2, 0) is 0 Å². The molecule has 1 aliphatic carbocycles. The Morgan fingerprint density at radius 3 is 2.85 bits per heavy atom. The van der Waals surface area contributed by atoms with Crippen molar-refractivity contribution < 1.29 is 4.79 Å². The van der Waals surface area contributed by atoms with Crippen LogP contribution in [0.15, 0.2) is 58.2 Å². The number of fused-ring (bicyclic) bond motifs is 1. The van der Waals surface area contributed by atoms with Gasteiger partial charge in [0.25, 0.3) is 0 Å². The van der Waals surface area contributed by atoms with E-state index in [1.165, 1.54) is 11.1 Å². The second-order valence-corrected chi connectivity index (χ2v) is 10.4. The molecular formula is C25H26N6OS. The summed E-state index contributed by atoms with van der Waals surface area (Å²) in [7, 11) is 0. The maximum Gasteiger partial charge on any atom is 0.318 e. The Kier molecular flexibility index (Phi) is 4.55. The first-order chi connectivity index (χ1) is 15.9. The number of amidine groups is 1. The van der Waals surface area contributed by atoms with Crippen molar-refractivity contribution in [3.8, 4) is 0 Å². The Labute approximate surface area is 196 Å². The van der Waals surface area contributed by atoms with Crippen molar-refractivity contribution >= 4 is 39.2 Å². The molecule has 2 atom stereocenters. The number of anilines is 1. The smallest absolute Gasteiger partial charge is 0.318 e. The molecule has 6 rings (SSSR count). The summed E-state index contributed by atoms with van der Waals surface area (Å²) in [6.45, 7) is 7.42. The first-order valence-electron chi connectivity index (χ1n) is 11.3. The van der Waals surface area contributed by atoms with Crippen molar-refractivity contribution in [2.24, 2.45) is 4.99 Å². The van der Waals surface area contributed by atoms with Gasteiger partial charge in [-0.1, -0.05) is 30.3 Å². The lowest BCUT2D eigenvalue weighted by Crippen LogP contribution is -2.51. The molecule has 1 saturated carbocycles. The van der Waals surface area contributed by atoms with Crippen molar-refractivity contribution in [1.82, 2.24) is 20.2 Å². The molecule has 2 aromatic heterocycles.